The number of benzene rings is 3. The van der Waals surface area contributed by atoms with E-state index in [0.717, 1.165) is 29.7 Å². The number of ether oxygens (including phenoxy) is 1. The van der Waals surface area contributed by atoms with Crippen molar-refractivity contribution in [2.75, 3.05) is 0 Å². The number of carbonyl (C=O) groups is 2. The molecule has 238 valence electrons. The highest BCUT2D eigenvalue weighted by atomic mass is 79.9. The first-order valence-corrected chi connectivity index (χ1v) is 16.5. The highest BCUT2D eigenvalue weighted by Gasteiger charge is 2.35. The summed E-state index contributed by atoms with van der Waals surface area (Å²) >= 11 is 9.69. The predicted molar refractivity (Wildman–Crippen MR) is 181 cm³/mol. The molecule has 3 aromatic carbocycles. The van der Waals surface area contributed by atoms with Gasteiger partial charge in [-0.15, -0.1) is 0 Å². The Bertz CT molecular complexity index is 2040. The molecule has 3 heterocycles. The zero-order valence-electron chi connectivity index (χ0n) is 25.4. The number of nitrogens with one attached hydrogen (secondary N) is 1. The van der Waals surface area contributed by atoms with Crippen LogP contribution in [-0.2, 0) is 19.6 Å². The Morgan fingerprint density at radius 2 is 1.85 bits per heavy atom. The zero-order valence-corrected chi connectivity index (χ0v) is 27.7. The van der Waals surface area contributed by atoms with Crippen LogP contribution in [-0.4, -0.2) is 48.0 Å². The average Bonchev–Trinajstić information content (AvgIpc) is 3.87. The predicted octanol–water partition coefficient (Wildman–Crippen LogP) is 6.03. The summed E-state index contributed by atoms with van der Waals surface area (Å²) in [5.74, 6) is 0.0181. The standard InChI is InChI=1S/C35H30BrClN6O4/c1-21-18-42-31(19-41(21)34(45)22-6-13-28(36)29(37)16-22)32(43(35(42)46)24-7-9-25(10-8-24)47-26-11-12-26)33(44)39-17-23-4-2-3-5-27(23)30-14-15-38-20-40-30/h2-10,13-16,20-21,26H,11-12,17-19H2,1H3,(H,39,44)/t21-/m0/s1. The van der Waals surface area contributed by atoms with E-state index >= 15 is 0 Å². The normalized spacial score (nSPS) is 15.6. The van der Waals surface area contributed by atoms with E-state index in [1.807, 2.05) is 49.4 Å². The van der Waals surface area contributed by atoms with Gasteiger partial charge in [0.25, 0.3) is 11.8 Å². The Morgan fingerprint density at radius 3 is 2.57 bits per heavy atom. The van der Waals surface area contributed by atoms with Crippen LogP contribution in [0, 0.1) is 0 Å². The minimum absolute atomic E-state index is 0.0546. The topological polar surface area (TPSA) is 111 Å². The number of nitrogens with zero attached hydrogens (tertiary/aromatic N) is 5. The first-order chi connectivity index (χ1) is 22.8. The minimum atomic E-state index is -0.444. The second-order valence-corrected chi connectivity index (χ2v) is 12.9. The SMILES string of the molecule is C[C@H]1Cn2c(c(C(=O)NCc3ccccc3-c3ccncn3)n(-c3ccc(OC4CC4)cc3)c2=O)CN1C(=O)c1ccc(Br)c(Cl)c1. The summed E-state index contributed by atoms with van der Waals surface area (Å²) in [4.78, 5) is 52.1. The monoisotopic (exact) mass is 712 g/mol. The lowest BCUT2D eigenvalue weighted by Crippen LogP contribution is -2.47. The van der Waals surface area contributed by atoms with Gasteiger partial charge in [0.2, 0.25) is 0 Å². The average molecular weight is 714 g/mol. The Balaban J connectivity index is 1.26. The molecule has 47 heavy (non-hydrogen) atoms. The molecule has 1 N–H and O–H groups in total. The maximum absolute atomic E-state index is 14.2. The maximum atomic E-state index is 14.2. The summed E-state index contributed by atoms with van der Waals surface area (Å²) in [7, 11) is 0. The largest absolute Gasteiger partial charge is 0.490 e. The molecule has 0 spiro atoms. The van der Waals surface area contributed by atoms with Crippen molar-refractivity contribution in [1.82, 2.24) is 29.3 Å². The molecule has 1 fully saturated rings. The second-order valence-electron chi connectivity index (χ2n) is 11.7. The van der Waals surface area contributed by atoms with Crippen LogP contribution < -0.4 is 15.7 Å². The third-order valence-electron chi connectivity index (χ3n) is 8.42. The molecule has 0 radical (unpaired) electrons. The van der Waals surface area contributed by atoms with Gasteiger partial charge in [-0.1, -0.05) is 35.9 Å². The molecule has 12 heteroatoms. The van der Waals surface area contributed by atoms with E-state index in [2.05, 4.69) is 31.2 Å². The molecule has 5 aromatic rings. The van der Waals surface area contributed by atoms with E-state index in [0.29, 0.717) is 32.2 Å². The van der Waals surface area contributed by atoms with Crippen molar-refractivity contribution in [3.05, 3.63) is 128 Å². The fourth-order valence-corrected chi connectivity index (χ4v) is 6.27. The second kappa shape index (κ2) is 12.8. The number of fused-ring (bicyclic) bond motifs is 1. The van der Waals surface area contributed by atoms with Gasteiger partial charge < -0.3 is 15.0 Å². The number of amides is 2. The summed E-state index contributed by atoms with van der Waals surface area (Å²) in [5, 5.41) is 3.46. The van der Waals surface area contributed by atoms with Gasteiger partial charge in [0.05, 0.1) is 34.7 Å². The summed E-state index contributed by atoms with van der Waals surface area (Å²) in [6, 6.07) is 21.4. The summed E-state index contributed by atoms with van der Waals surface area (Å²) in [6.45, 7) is 2.34. The van der Waals surface area contributed by atoms with Crippen molar-refractivity contribution in [2.24, 2.45) is 0 Å². The van der Waals surface area contributed by atoms with Crippen molar-refractivity contribution in [3.63, 3.8) is 0 Å². The number of imidazole rings is 1. The number of hydrogen-bond donors (Lipinski definition) is 1. The number of rotatable bonds is 8. The van der Waals surface area contributed by atoms with Crippen molar-refractivity contribution in [2.45, 2.75) is 51.5 Å². The van der Waals surface area contributed by atoms with Crippen LogP contribution in [0.4, 0.5) is 0 Å². The summed E-state index contributed by atoms with van der Waals surface area (Å²) in [6.07, 6.45) is 5.42. The lowest BCUT2D eigenvalue weighted by molar-refractivity contribution is 0.0610. The maximum Gasteiger partial charge on any atom is 0.333 e. The third-order valence-corrected chi connectivity index (χ3v) is 9.66. The first-order valence-electron chi connectivity index (χ1n) is 15.3. The molecule has 7 rings (SSSR count). The Labute approximate surface area is 284 Å². The lowest BCUT2D eigenvalue weighted by Gasteiger charge is -2.34. The van der Waals surface area contributed by atoms with Gasteiger partial charge in [-0.25, -0.2) is 14.8 Å². The van der Waals surface area contributed by atoms with Gasteiger partial charge in [-0.2, -0.15) is 0 Å². The van der Waals surface area contributed by atoms with Crippen LogP contribution in [0.1, 0.15) is 51.9 Å². The molecular weight excluding hydrogens is 684 g/mol. The van der Waals surface area contributed by atoms with E-state index in [9.17, 15) is 14.4 Å². The smallest absolute Gasteiger partial charge is 0.333 e. The highest BCUT2D eigenvalue weighted by molar-refractivity contribution is 9.10. The molecule has 1 saturated carbocycles. The van der Waals surface area contributed by atoms with Crippen molar-refractivity contribution in [3.8, 4) is 22.7 Å². The number of hydrogen-bond acceptors (Lipinski definition) is 6. The number of carbonyl (C=O) groups excluding carboxylic acids is 2. The molecule has 2 amide bonds. The van der Waals surface area contributed by atoms with Crippen molar-refractivity contribution >= 4 is 39.3 Å². The van der Waals surface area contributed by atoms with Gasteiger partial charge in [-0.3, -0.25) is 18.7 Å². The summed E-state index contributed by atoms with van der Waals surface area (Å²) < 4.78 is 9.63. The van der Waals surface area contributed by atoms with Gasteiger partial charge in [0.15, 0.2) is 0 Å². The molecule has 10 nitrogen and oxygen atoms in total. The summed E-state index contributed by atoms with van der Waals surface area (Å²) in [5.41, 5.74) is 3.64. The van der Waals surface area contributed by atoms with E-state index in [4.69, 9.17) is 16.3 Å². The Morgan fingerprint density at radius 1 is 1.06 bits per heavy atom. The Kier molecular flexibility index (Phi) is 8.42. The molecule has 0 unspecified atom stereocenters. The van der Waals surface area contributed by atoms with E-state index in [1.165, 1.54) is 10.9 Å². The van der Waals surface area contributed by atoms with Crippen LogP contribution in [0.3, 0.4) is 0 Å². The highest BCUT2D eigenvalue weighted by Crippen LogP contribution is 2.30. The molecule has 0 saturated heterocycles. The van der Waals surface area contributed by atoms with Crippen LogP contribution in [0.25, 0.3) is 16.9 Å². The first kappa shape index (κ1) is 30.9. The molecular formula is C35H30BrClN6O4. The van der Waals surface area contributed by atoms with E-state index in [-0.39, 0.29) is 49.1 Å². The minimum Gasteiger partial charge on any atom is -0.490 e. The quantitative estimate of drug-likeness (QED) is 0.210. The van der Waals surface area contributed by atoms with Crippen LogP contribution in [0.2, 0.25) is 5.02 Å². The molecule has 0 bridgehead atoms. The van der Waals surface area contributed by atoms with Gasteiger partial charge in [0, 0.05) is 40.9 Å². The molecule has 1 atom stereocenters. The third kappa shape index (κ3) is 6.20. The van der Waals surface area contributed by atoms with Crippen LogP contribution >= 0.6 is 27.5 Å². The molecule has 1 aliphatic heterocycles. The fourth-order valence-electron chi connectivity index (χ4n) is 5.84. The lowest BCUT2D eigenvalue weighted by atomic mass is 10.0. The molecule has 1 aliphatic carbocycles. The Hall–Kier alpha value is -4.74. The van der Waals surface area contributed by atoms with E-state index in [1.54, 1.807) is 46.0 Å². The van der Waals surface area contributed by atoms with Crippen molar-refractivity contribution < 1.29 is 14.3 Å². The van der Waals surface area contributed by atoms with Crippen LogP contribution in [0.15, 0.2) is 94.6 Å². The van der Waals surface area contributed by atoms with Gasteiger partial charge in [0.1, 0.15) is 17.8 Å². The fraction of sp³-hybridized carbons (Fsp3) is 0.229. The molecule has 2 aromatic heterocycles. The van der Waals surface area contributed by atoms with Gasteiger partial charge >= 0.3 is 5.69 Å². The van der Waals surface area contributed by atoms with Crippen molar-refractivity contribution in [1.29, 1.82) is 0 Å². The van der Waals surface area contributed by atoms with Gasteiger partial charge in [-0.05, 0) is 89.8 Å². The number of halogens is 2. The van der Waals surface area contributed by atoms with Crippen LogP contribution in [0.5, 0.6) is 5.75 Å². The van der Waals surface area contributed by atoms with E-state index < -0.39 is 5.91 Å². The number of aromatic nitrogens is 4. The molecule has 2 aliphatic rings. The zero-order chi connectivity index (χ0) is 32.7.